The number of nitrogens with zero attached hydrogens (tertiary/aromatic N) is 1. The van der Waals surface area contributed by atoms with Crippen molar-refractivity contribution in [3.63, 3.8) is 0 Å². The molecule has 0 saturated heterocycles. The minimum absolute atomic E-state index is 0.0699. The number of aromatic nitrogens is 1. The van der Waals surface area contributed by atoms with Gasteiger partial charge in [0, 0.05) is 22.7 Å². The number of hydrogen-bond donors (Lipinski definition) is 1. The number of aliphatic imine (C=N–C) groups is 1. The third kappa shape index (κ3) is 4.32. The molecule has 2 atom stereocenters. The van der Waals surface area contributed by atoms with Gasteiger partial charge in [-0.15, -0.1) is 0 Å². The molecular weight excluding hydrogens is 468 g/mol. The summed E-state index contributed by atoms with van der Waals surface area (Å²) in [4.78, 5) is 36.0. The SMILES string of the molecule is CCOC(=O)C1(C(=O)OCC)O[C@@H](c2c[nH]c3ccccc23)N=C(c2ccccc2)[C@H]1c1ccccc1. The summed E-state index contributed by atoms with van der Waals surface area (Å²) in [5.74, 6) is -2.53. The Kier molecular flexibility index (Phi) is 6.88. The Morgan fingerprint density at radius 1 is 0.865 bits per heavy atom. The summed E-state index contributed by atoms with van der Waals surface area (Å²) in [6, 6.07) is 26.5. The number of benzene rings is 3. The smallest absolute Gasteiger partial charge is 0.351 e. The number of fused-ring (bicyclic) bond motifs is 1. The van der Waals surface area contributed by atoms with Gasteiger partial charge in [-0.1, -0.05) is 78.9 Å². The number of carbonyl (C=O) groups excluding carboxylic acids is 2. The van der Waals surface area contributed by atoms with Crippen LogP contribution in [-0.2, 0) is 23.8 Å². The molecule has 0 unspecified atom stereocenters. The third-order valence-corrected chi connectivity index (χ3v) is 6.48. The molecular formula is C30H28N2O5. The van der Waals surface area contributed by atoms with Crippen LogP contribution >= 0.6 is 0 Å². The zero-order valence-corrected chi connectivity index (χ0v) is 20.7. The fourth-order valence-corrected chi connectivity index (χ4v) is 4.88. The predicted molar refractivity (Wildman–Crippen MR) is 140 cm³/mol. The molecule has 1 aliphatic rings. The number of ether oxygens (including phenoxy) is 3. The molecule has 0 amide bonds. The van der Waals surface area contributed by atoms with E-state index in [0.29, 0.717) is 16.8 Å². The van der Waals surface area contributed by atoms with Gasteiger partial charge >= 0.3 is 11.9 Å². The lowest BCUT2D eigenvalue weighted by Gasteiger charge is -2.42. The molecule has 0 aliphatic carbocycles. The molecule has 5 rings (SSSR count). The fraction of sp³-hybridized carbons (Fsp3) is 0.233. The summed E-state index contributed by atoms with van der Waals surface area (Å²) in [7, 11) is 0. The van der Waals surface area contributed by atoms with Crippen molar-refractivity contribution in [1.82, 2.24) is 4.98 Å². The van der Waals surface area contributed by atoms with E-state index in [1.165, 1.54) is 0 Å². The Bertz CT molecular complexity index is 1410. The fourth-order valence-electron chi connectivity index (χ4n) is 4.88. The maximum absolute atomic E-state index is 13.9. The molecule has 7 nitrogen and oxygen atoms in total. The number of H-pyrrole nitrogens is 1. The number of hydrogen-bond acceptors (Lipinski definition) is 6. The third-order valence-electron chi connectivity index (χ3n) is 6.48. The molecule has 188 valence electrons. The van der Waals surface area contributed by atoms with E-state index >= 15 is 0 Å². The van der Waals surface area contributed by atoms with E-state index in [9.17, 15) is 9.59 Å². The van der Waals surface area contributed by atoms with E-state index in [-0.39, 0.29) is 13.2 Å². The molecule has 1 aromatic heterocycles. The Balaban J connectivity index is 1.82. The van der Waals surface area contributed by atoms with Crippen LogP contribution < -0.4 is 0 Å². The molecule has 0 spiro atoms. The van der Waals surface area contributed by atoms with Crippen molar-refractivity contribution in [2.24, 2.45) is 4.99 Å². The molecule has 7 heteroatoms. The summed E-state index contributed by atoms with van der Waals surface area (Å²) in [6.45, 7) is 3.53. The number of para-hydroxylation sites is 1. The highest BCUT2D eigenvalue weighted by atomic mass is 16.6. The van der Waals surface area contributed by atoms with Gasteiger partial charge in [0.25, 0.3) is 5.60 Å². The maximum Gasteiger partial charge on any atom is 0.351 e. The summed E-state index contributed by atoms with van der Waals surface area (Å²) >= 11 is 0. The Labute approximate surface area is 215 Å². The zero-order chi connectivity index (χ0) is 25.8. The van der Waals surface area contributed by atoms with Crippen molar-refractivity contribution < 1.29 is 23.8 Å². The molecule has 0 radical (unpaired) electrons. The van der Waals surface area contributed by atoms with Gasteiger partial charge in [0.15, 0.2) is 6.23 Å². The summed E-state index contributed by atoms with van der Waals surface area (Å²) in [5, 5.41) is 0.878. The Morgan fingerprint density at radius 3 is 2.11 bits per heavy atom. The highest BCUT2D eigenvalue weighted by Crippen LogP contribution is 2.46. The van der Waals surface area contributed by atoms with Gasteiger partial charge < -0.3 is 19.2 Å². The molecule has 1 aliphatic heterocycles. The molecule has 0 bridgehead atoms. The first kappa shape index (κ1) is 24.5. The van der Waals surface area contributed by atoms with Crippen molar-refractivity contribution in [2.75, 3.05) is 13.2 Å². The van der Waals surface area contributed by atoms with Crippen LogP contribution in [0.25, 0.3) is 10.9 Å². The Hall–Kier alpha value is -4.23. The van der Waals surface area contributed by atoms with Crippen LogP contribution in [0.5, 0.6) is 0 Å². The first-order valence-corrected chi connectivity index (χ1v) is 12.4. The van der Waals surface area contributed by atoms with E-state index in [4.69, 9.17) is 19.2 Å². The van der Waals surface area contributed by atoms with Gasteiger partial charge in [-0.05, 0) is 31.0 Å². The zero-order valence-electron chi connectivity index (χ0n) is 20.7. The molecule has 2 heterocycles. The van der Waals surface area contributed by atoms with Gasteiger partial charge in [0.05, 0.1) is 24.8 Å². The van der Waals surface area contributed by atoms with E-state index in [1.807, 2.05) is 84.9 Å². The minimum atomic E-state index is -2.12. The lowest BCUT2D eigenvalue weighted by Crippen LogP contribution is -2.60. The second-order valence-corrected chi connectivity index (χ2v) is 8.66. The largest absolute Gasteiger partial charge is 0.463 e. The second kappa shape index (κ2) is 10.4. The van der Waals surface area contributed by atoms with Gasteiger partial charge in [-0.25, -0.2) is 9.59 Å². The van der Waals surface area contributed by atoms with Gasteiger partial charge in [0.2, 0.25) is 0 Å². The lowest BCUT2D eigenvalue weighted by molar-refractivity contribution is -0.201. The minimum Gasteiger partial charge on any atom is -0.463 e. The van der Waals surface area contributed by atoms with Crippen LogP contribution in [0.2, 0.25) is 0 Å². The number of rotatable bonds is 7. The lowest BCUT2D eigenvalue weighted by atomic mass is 9.75. The van der Waals surface area contributed by atoms with Crippen LogP contribution in [-0.4, -0.2) is 41.4 Å². The number of nitrogens with one attached hydrogen (secondary N) is 1. The van der Waals surface area contributed by atoms with Gasteiger partial charge in [-0.2, -0.15) is 0 Å². The van der Waals surface area contributed by atoms with Crippen molar-refractivity contribution in [2.45, 2.75) is 31.6 Å². The maximum atomic E-state index is 13.9. The van der Waals surface area contributed by atoms with E-state index in [0.717, 1.165) is 16.5 Å². The van der Waals surface area contributed by atoms with Crippen molar-refractivity contribution >= 4 is 28.6 Å². The van der Waals surface area contributed by atoms with Gasteiger partial charge in [-0.3, -0.25) is 4.99 Å². The van der Waals surface area contributed by atoms with Crippen molar-refractivity contribution in [3.8, 4) is 0 Å². The van der Waals surface area contributed by atoms with E-state index in [2.05, 4.69) is 4.98 Å². The highest BCUT2D eigenvalue weighted by molar-refractivity contribution is 6.17. The number of carbonyl (C=O) groups is 2. The standard InChI is InChI=1S/C30H28N2O5/c1-3-35-28(33)30(29(34)36-4-2)25(20-13-7-5-8-14-20)26(21-15-9-6-10-16-21)32-27(37-30)23-19-31-24-18-12-11-17-22(23)24/h5-19,25,27,31H,3-4H2,1-2H3/t25-,27+/m1/s1. The molecule has 0 fully saturated rings. The predicted octanol–water partition coefficient (Wildman–Crippen LogP) is 5.33. The van der Waals surface area contributed by atoms with E-state index in [1.54, 1.807) is 20.0 Å². The van der Waals surface area contributed by atoms with Crippen LogP contribution in [0.15, 0.2) is 96.1 Å². The first-order valence-electron chi connectivity index (χ1n) is 12.4. The number of aromatic amines is 1. The van der Waals surface area contributed by atoms with Crippen molar-refractivity contribution in [3.05, 3.63) is 108 Å². The summed E-state index contributed by atoms with van der Waals surface area (Å²) < 4.78 is 17.5. The molecule has 0 saturated carbocycles. The van der Waals surface area contributed by atoms with Gasteiger partial charge in [0.1, 0.15) is 0 Å². The number of esters is 2. The topological polar surface area (TPSA) is 90.0 Å². The van der Waals surface area contributed by atoms with E-state index < -0.39 is 29.7 Å². The summed E-state index contributed by atoms with van der Waals surface area (Å²) in [6.07, 6.45) is 0.825. The molecule has 3 aromatic carbocycles. The second-order valence-electron chi connectivity index (χ2n) is 8.66. The molecule has 1 N–H and O–H groups in total. The normalized spacial score (nSPS) is 18.7. The van der Waals surface area contributed by atoms with Crippen molar-refractivity contribution in [1.29, 1.82) is 0 Å². The quantitative estimate of drug-likeness (QED) is 0.276. The monoisotopic (exact) mass is 496 g/mol. The van der Waals surface area contributed by atoms with Crippen LogP contribution in [0.1, 0.15) is 42.7 Å². The Morgan fingerprint density at radius 2 is 1.46 bits per heavy atom. The highest BCUT2D eigenvalue weighted by Gasteiger charge is 2.62. The van der Waals surface area contributed by atoms with Crippen LogP contribution in [0.4, 0.5) is 0 Å². The van der Waals surface area contributed by atoms with Crippen LogP contribution in [0.3, 0.4) is 0 Å². The molecule has 37 heavy (non-hydrogen) atoms. The first-order chi connectivity index (χ1) is 18.1. The average molecular weight is 497 g/mol. The summed E-state index contributed by atoms with van der Waals surface area (Å²) in [5.41, 5.74) is 1.46. The molecule has 4 aromatic rings. The average Bonchev–Trinajstić information content (AvgIpc) is 3.38. The van der Waals surface area contributed by atoms with Crippen LogP contribution in [0, 0.1) is 0 Å².